The number of carbonyl (C=O) groups excluding carboxylic acids is 1. The lowest BCUT2D eigenvalue weighted by Crippen LogP contribution is -2.31. The van der Waals surface area contributed by atoms with Crippen molar-refractivity contribution in [2.24, 2.45) is 0 Å². The van der Waals surface area contributed by atoms with Crippen LogP contribution in [-0.2, 0) is 4.79 Å². The van der Waals surface area contributed by atoms with Gasteiger partial charge in [0.15, 0.2) is 5.65 Å². The average molecular weight is 649 g/mol. The molecule has 3 N–H and O–H groups in total. The third kappa shape index (κ3) is 8.45. The van der Waals surface area contributed by atoms with E-state index in [0.29, 0.717) is 29.1 Å². The first kappa shape index (κ1) is 33.0. The molecule has 10 nitrogen and oxygen atoms in total. The predicted molar refractivity (Wildman–Crippen MR) is 187 cm³/mol. The first-order valence-corrected chi connectivity index (χ1v) is 19.0. The zero-order chi connectivity index (χ0) is 31.8. The number of aromatic nitrogens is 4. The Kier molecular flexibility index (Phi) is 11.5. The summed E-state index contributed by atoms with van der Waals surface area (Å²) >= 11 is 1.91. The van der Waals surface area contributed by atoms with Crippen LogP contribution in [0.25, 0.3) is 5.65 Å². The molecule has 0 spiro atoms. The van der Waals surface area contributed by atoms with E-state index in [0.717, 1.165) is 49.5 Å². The fourth-order valence-corrected chi connectivity index (χ4v) is 8.38. The summed E-state index contributed by atoms with van der Waals surface area (Å²) in [4.78, 5) is 23.7. The maximum Gasteiger partial charge on any atom is 0.233 e. The summed E-state index contributed by atoms with van der Waals surface area (Å²) in [6, 6.07) is 14.4. The van der Waals surface area contributed by atoms with E-state index in [9.17, 15) is 4.79 Å². The first-order chi connectivity index (χ1) is 21.9. The standard InChI is InChI=1S/C29H36N7O2PS.C4H9N/c1-19(2)39(5)40-26-9-7-6-8-23(26)32-29-34-28(33-27-10-13-30-36(27)29)31-24-16-20(3)22(17-25(24)38-4)21-11-14-35(18-37)15-12-21;1-2-4-5-3-1/h6-10,13,16-19,21H,11-12,14-15H2,1-5H3,(H2,31,32,33,34);5H,1-4H2. The molecule has 1 amide bonds. The second-order valence-electron chi connectivity index (χ2n) is 11.7. The zero-order valence-corrected chi connectivity index (χ0v) is 28.6. The van der Waals surface area contributed by atoms with E-state index in [1.807, 2.05) is 28.4 Å². The number of likely N-dealkylation sites (tertiary alicyclic amines) is 1. The van der Waals surface area contributed by atoms with Crippen LogP contribution in [0.1, 0.15) is 56.6 Å². The van der Waals surface area contributed by atoms with Gasteiger partial charge in [-0.3, -0.25) is 4.79 Å². The molecule has 2 fully saturated rings. The predicted octanol–water partition coefficient (Wildman–Crippen LogP) is 7.16. The molecule has 2 saturated heterocycles. The van der Waals surface area contributed by atoms with Crippen molar-refractivity contribution >= 4 is 53.8 Å². The normalized spacial score (nSPS) is 15.9. The number of rotatable bonds is 10. The molecule has 2 aliphatic rings. The number of amides is 1. The van der Waals surface area contributed by atoms with Crippen molar-refractivity contribution in [3.05, 3.63) is 59.8 Å². The molecule has 4 heterocycles. The molecule has 4 aromatic rings. The summed E-state index contributed by atoms with van der Waals surface area (Å²) in [6.45, 7) is 13.0. The molecule has 0 aliphatic carbocycles. The van der Waals surface area contributed by atoms with Crippen LogP contribution in [0.2, 0.25) is 0 Å². The van der Waals surface area contributed by atoms with Crippen molar-refractivity contribution in [3.8, 4) is 5.75 Å². The Bertz CT molecular complexity index is 1560. The number of piperidine rings is 1. The molecule has 1 atom stereocenters. The van der Waals surface area contributed by atoms with Crippen LogP contribution >= 0.6 is 18.5 Å². The summed E-state index contributed by atoms with van der Waals surface area (Å²) in [5.74, 6) is 2.15. The highest BCUT2D eigenvalue weighted by molar-refractivity contribution is 8.55. The van der Waals surface area contributed by atoms with Crippen LogP contribution in [0, 0.1) is 6.92 Å². The van der Waals surface area contributed by atoms with Crippen LogP contribution in [0.5, 0.6) is 5.75 Å². The Balaban J connectivity index is 0.000000729. The monoisotopic (exact) mass is 648 g/mol. The first-order valence-electron chi connectivity index (χ1n) is 15.7. The number of para-hydroxylation sites is 1. The van der Waals surface area contributed by atoms with Crippen molar-refractivity contribution in [2.45, 2.75) is 62.9 Å². The van der Waals surface area contributed by atoms with Crippen molar-refractivity contribution < 1.29 is 9.53 Å². The quantitative estimate of drug-likeness (QED) is 0.122. The van der Waals surface area contributed by atoms with E-state index in [4.69, 9.17) is 14.7 Å². The number of hydrogen-bond acceptors (Lipinski definition) is 9. The van der Waals surface area contributed by atoms with E-state index in [1.54, 1.807) is 17.8 Å². The number of carbonyl (C=O) groups is 1. The zero-order valence-electron chi connectivity index (χ0n) is 26.9. The molecule has 0 radical (unpaired) electrons. The van der Waals surface area contributed by atoms with E-state index in [1.165, 1.54) is 42.0 Å². The molecule has 1 unspecified atom stereocenters. The molecule has 0 saturated carbocycles. The van der Waals surface area contributed by atoms with Gasteiger partial charge in [-0.2, -0.15) is 19.6 Å². The highest BCUT2D eigenvalue weighted by Crippen LogP contribution is 2.56. The molecule has 6 rings (SSSR count). The summed E-state index contributed by atoms with van der Waals surface area (Å²) in [7, 11) is 1.46. The summed E-state index contributed by atoms with van der Waals surface area (Å²) in [5, 5.41) is 14.6. The minimum Gasteiger partial charge on any atom is -0.495 e. The molecule has 45 heavy (non-hydrogen) atoms. The van der Waals surface area contributed by atoms with Crippen molar-refractivity contribution in [3.63, 3.8) is 0 Å². The van der Waals surface area contributed by atoms with Gasteiger partial charge in [0.2, 0.25) is 18.3 Å². The maximum absolute atomic E-state index is 11.1. The van der Waals surface area contributed by atoms with Gasteiger partial charge in [0.25, 0.3) is 0 Å². The van der Waals surface area contributed by atoms with Crippen LogP contribution in [0.3, 0.4) is 0 Å². The van der Waals surface area contributed by atoms with Gasteiger partial charge in [0.1, 0.15) is 5.75 Å². The number of ether oxygens (including phenoxy) is 1. The lowest BCUT2D eigenvalue weighted by Gasteiger charge is -2.30. The number of benzene rings is 2. The summed E-state index contributed by atoms with van der Waals surface area (Å²) in [6.07, 6.45) is 7.34. The Labute approximate surface area is 271 Å². The van der Waals surface area contributed by atoms with Gasteiger partial charge in [-0.1, -0.05) is 37.4 Å². The summed E-state index contributed by atoms with van der Waals surface area (Å²) < 4.78 is 7.51. The minimum absolute atomic E-state index is 0.214. The fraction of sp³-hybridized carbons (Fsp3) is 0.455. The lowest BCUT2D eigenvalue weighted by molar-refractivity contribution is -0.119. The van der Waals surface area contributed by atoms with Crippen LogP contribution in [0.4, 0.5) is 23.3 Å². The highest BCUT2D eigenvalue weighted by Gasteiger charge is 2.23. The topological polar surface area (TPSA) is 109 Å². The Hall–Kier alpha value is -3.40. The SMILES string of the molecule is C1CCNC1.COc1cc(C2CCN(C=O)CC2)c(C)cc1Nc1nc(Nc2ccccc2SP(C)C(C)C)n2nccc2n1. The minimum atomic E-state index is -0.214. The van der Waals surface area contributed by atoms with E-state index in [2.05, 4.69) is 78.8 Å². The van der Waals surface area contributed by atoms with Crippen LogP contribution in [-0.4, -0.2) is 76.5 Å². The van der Waals surface area contributed by atoms with Gasteiger partial charge in [-0.25, -0.2) is 0 Å². The summed E-state index contributed by atoms with van der Waals surface area (Å²) in [5.41, 5.74) is 5.52. The number of anilines is 4. The molecule has 12 heteroatoms. The van der Waals surface area contributed by atoms with Gasteiger partial charge < -0.3 is 25.6 Å². The number of methoxy groups -OCH3 is 1. The number of aryl methyl sites for hydroxylation is 1. The van der Waals surface area contributed by atoms with Gasteiger partial charge in [-0.05, 0) is 106 Å². The van der Waals surface area contributed by atoms with Gasteiger partial charge >= 0.3 is 0 Å². The van der Waals surface area contributed by atoms with Gasteiger partial charge in [0.05, 0.1) is 24.7 Å². The number of hydrogen-bond donors (Lipinski definition) is 3. The van der Waals surface area contributed by atoms with Crippen molar-refractivity contribution in [1.29, 1.82) is 0 Å². The molecular formula is C33H45N8O2PS. The number of nitrogens with zero attached hydrogens (tertiary/aromatic N) is 5. The van der Waals surface area contributed by atoms with Crippen molar-refractivity contribution in [1.82, 2.24) is 29.8 Å². The second-order valence-corrected chi connectivity index (χ2v) is 16.8. The van der Waals surface area contributed by atoms with E-state index >= 15 is 0 Å². The van der Waals surface area contributed by atoms with Crippen LogP contribution < -0.4 is 20.7 Å². The smallest absolute Gasteiger partial charge is 0.233 e. The fourth-order valence-electron chi connectivity index (χ4n) is 5.46. The Morgan fingerprint density at radius 2 is 1.82 bits per heavy atom. The van der Waals surface area contributed by atoms with Gasteiger partial charge in [0, 0.05) is 24.1 Å². The molecule has 0 bridgehead atoms. The molecule has 2 aliphatic heterocycles. The van der Waals surface area contributed by atoms with E-state index < -0.39 is 0 Å². The second kappa shape index (κ2) is 15.7. The van der Waals surface area contributed by atoms with Crippen LogP contribution in [0.15, 0.2) is 53.6 Å². The molecule has 2 aromatic heterocycles. The van der Waals surface area contributed by atoms with E-state index in [-0.39, 0.29) is 7.12 Å². The van der Waals surface area contributed by atoms with Crippen molar-refractivity contribution in [2.75, 3.05) is 50.6 Å². The lowest BCUT2D eigenvalue weighted by atomic mass is 9.86. The Morgan fingerprint density at radius 1 is 1.07 bits per heavy atom. The maximum atomic E-state index is 11.1. The Morgan fingerprint density at radius 3 is 2.49 bits per heavy atom. The largest absolute Gasteiger partial charge is 0.495 e. The average Bonchev–Trinajstić information content (AvgIpc) is 3.78. The third-order valence-corrected chi connectivity index (χ3v) is 13.3. The number of nitrogens with one attached hydrogen (secondary N) is 3. The molecular weight excluding hydrogens is 603 g/mol. The van der Waals surface area contributed by atoms with Gasteiger partial charge in [-0.15, -0.1) is 0 Å². The number of fused-ring (bicyclic) bond motifs is 1. The third-order valence-electron chi connectivity index (χ3n) is 8.27. The molecule has 2 aromatic carbocycles. The highest BCUT2D eigenvalue weighted by atomic mass is 32.7. The molecule has 240 valence electrons.